The summed E-state index contributed by atoms with van der Waals surface area (Å²) in [7, 11) is 1.77. The van der Waals surface area contributed by atoms with Crippen molar-refractivity contribution in [1.29, 1.82) is 0 Å². The molecule has 0 saturated carbocycles. The summed E-state index contributed by atoms with van der Waals surface area (Å²) in [6, 6.07) is 3.15. The maximum atomic E-state index is 12.0. The van der Waals surface area contributed by atoms with Gasteiger partial charge in [0.1, 0.15) is 0 Å². The molecular weight excluding hydrogens is 204 g/mol. The van der Waals surface area contributed by atoms with Crippen molar-refractivity contribution in [3.8, 4) is 0 Å². The lowest BCUT2D eigenvalue weighted by Crippen LogP contribution is -2.35. The summed E-state index contributed by atoms with van der Waals surface area (Å²) in [6.45, 7) is 4.09. The molecule has 1 unspecified atom stereocenters. The number of hydrogen-bond acceptors (Lipinski definition) is 2. The zero-order chi connectivity index (χ0) is 12.1. The number of nitrogens with one attached hydrogen (secondary N) is 1. The lowest BCUT2D eigenvalue weighted by atomic mass is 10.1. The zero-order valence-corrected chi connectivity index (χ0v) is 9.99. The maximum absolute atomic E-state index is 12.0. The standard InChI is InChI=1S/C12H18N2O2/c1-4-5-9(2)14(3)12(16)10-6-7-13-11(15)8-10/h6-9H,4-5H2,1-3H3,(H,13,15). The predicted octanol–water partition coefficient (Wildman–Crippen LogP) is 1.64. The molecule has 1 heterocycles. The molecule has 1 aromatic heterocycles. The van der Waals surface area contributed by atoms with Crippen LogP contribution in [0.3, 0.4) is 0 Å². The Morgan fingerprint density at radius 1 is 1.56 bits per heavy atom. The van der Waals surface area contributed by atoms with Crippen molar-refractivity contribution in [2.45, 2.75) is 32.7 Å². The molecule has 4 nitrogen and oxygen atoms in total. The molecule has 16 heavy (non-hydrogen) atoms. The Morgan fingerprint density at radius 3 is 2.81 bits per heavy atom. The first-order valence-corrected chi connectivity index (χ1v) is 5.52. The molecule has 0 fully saturated rings. The molecule has 0 aliphatic heterocycles. The highest BCUT2D eigenvalue weighted by Gasteiger charge is 2.16. The molecule has 1 atom stereocenters. The first kappa shape index (κ1) is 12.5. The maximum Gasteiger partial charge on any atom is 0.254 e. The van der Waals surface area contributed by atoms with Gasteiger partial charge in [-0.1, -0.05) is 13.3 Å². The van der Waals surface area contributed by atoms with E-state index in [9.17, 15) is 9.59 Å². The van der Waals surface area contributed by atoms with Gasteiger partial charge in [0.05, 0.1) is 0 Å². The van der Waals surface area contributed by atoms with E-state index in [1.165, 1.54) is 12.3 Å². The van der Waals surface area contributed by atoms with E-state index >= 15 is 0 Å². The van der Waals surface area contributed by atoms with E-state index in [1.807, 2.05) is 6.92 Å². The molecule has 0 radical (unpaired) electrons. The highest BCUT2D eigenvalue weighted by atomic mass is 16.2. The number of carbonyl (C=O) groups excluding carboxylic acids is 1. The fourth-order valence-corrected chi connectivity index (χ4v) is 1.59. The molecule has 0 aromatic carbocycles. The number of nitrogens with zero attached hydrogens (tertiary/aromatic N) is 1. The number of rotatable bonds is 4. The first-order valence-electron chi connectivity index (χ1n) is 5.52. The van der Waals surface area contributed by atoms with Crippen molar-refractivity contribution < 1.29 is 4.79 Å². The molecular formula is C12H18N2O2. The van der Waals surface area contributed by atoms with E-state index < -0.39 is 0 Å². The van der Waals surface area contributed by atoms with E-state index in [0.717, 1.165) is 12.8 Å². The quantitative estimate of drug-likeness (QED) is 0.842. The monoisotopic (exact) mass is 222 g/mol. The van der Waals surface area contributed by atoms with Gasteiger partial charge in [0.25, 0.3) is 5.91 Å². The van der Waals surface area contributed by atoms with Crippen LogP contribution >= 0.6 is 0 Å². The summed E-state index contributed by atoms with van der Waals surface area (Å²) in [4.78, 5) is 27.2. The van der Waals surface area contributed by atoms with Crippen LogP contribution in [0.5, 0.6) is 0 Å². The Bertz CT molecular complexity index is 411. The van der Waals surface area contributed by atoms with Gasteiger partial charge in [-0.25, -0.2) is 0 Å². The van der Waals surface area contributed by atoms with Crippen LogP contribution in [-0.2, 0) is 0 Å². The SMILES string of the molecule is CCCC(C)N(C)C(=O)c1cc[nH]c(=O)c1. The Labute approximate surface area is 95.3 Å². The highest BCUT2D eigenvalue weighted by molar-refractivity contribution is 5.94. The summed E-state index contributed by atoms with van der Waals surface area (Å²) >= 11 is 0. The van der Waals surface area contributed by atoms with Crippen LogP contribution in [0.1, 0.15) is 37.0 Å². The average Bonchev–Trinajstić information content (AvgIpc) is 2.27. The van der Waals surface area contributed by atoms with Crippen LogP contribution in [0, 0.1) is 0 Å². The van der Waals surface area contributed by atoms with Gasteiger partial charge in [-0.2, -0.15) is 0 Å². The third kappa shape index (κ3) is 2.95. The van der Waals surface area contributed by atoms with E-state index in [0.29, 0.717) is 5.56 Å². The summed E-state index contributed by atoms with van der Waals surface area (Å²) in [5.74, 6) is -0.105. The number of aromatic nitrogens is 1. The van der Waals surface area contributed by atoms with Crippen LogP contribution in [0.25, 0.3) is 0 Å². The Morgan fingerprint density at radius 2 is 2.25 bits per heavy atom. The van der Waals surface area contributed by atoms with Crippen LogP contribution in [-0.4, -0.2) is 28.9 Å². The predicted molar refractivity (Wildman–Crippen MR) is 63.5 cm³/mol. The Hall–Kier alpha value is -1.58. The lowest BCUT2D eigenvalue weighted by molar-refractivity contribution is 0.0736. The van der Waals surface area contributed by atoms with Gasteiger partial charge in [0, 0.05) is 30.9 Å². The van der Waals surface area contributed by atoms with Crippen molar-refractivity contribution >= 4 is 5.91 Å². The van der Waals surface area contributed by atoms with Crippen LogP contribution in [0.4, 0.5) is 0 Å². The van der Waals surface area contributed by atoms with Crippen molar-refractivity contribution in [1.82, 2.24) is 9.88 Å². The van der Waals surface area contributed by atoms with Gasteiger partial charge < -0.3 is 9.88 Å². The fourth-order valence-electron chi connectivity index (χ4n) is 1.59. The number of pyridine rings is 1. The molecule has 0 aliphatic carbocycles. The second-order valence-corrected chi connectivity index (χ2v) is 4.00. The largest absolute Gasteiger partial charge is 0.339 e. The van der Waals surface area contributed by atoms with Crippen LogP contribution in [0.15, 0.2) is 23.1 Å². The molecule has 1 amide bonds. The minimum atomic E-state index is -0.248. The van der Waals surface area contributed by atoms with Gasteiger partial charge in [-0.05, 0) is 19.4 Å². The number of amides is 1. The first-order chi connectivity index (χ1) is 7.56. The summed E-state index contributed by atoms with van der Waals surface area (Å²) in [5.41, 5.74) is 0.191. The van der Waals surface area contributed by atoms with Crippen LogP contribution in [0.2, 0.25) is 0 Å². The van der Waals surface area contributed by atoms with Gasteiger partial charge in [0.15, 0.2) is 0 Å². The number of H-pyrrole nitrogens is 1. The molecule has 0 saturated heterocycles. The smallest absolute Gasteiger partial charge is 0.254 e. The molecule has 1 N–H and O–H groups in total. The van der Waals surface area contributed by atoms with E-state index in [4.69, 9.17) is 0 Å². The second-order valence-electron chi connectivity index (χ2n) is 4.00. The molecule has 4 heteroatoms. The number of hydrogen-bond donors (Lipinski definition) is 1. The van der Waals surface area contributed by atoms with E-state index in [-0.39, 0.29) is 17.5 Å². The molecule has 1 aromatic rings. The minimum Gasteiger partial charge on any atom is -0.339 e. The number of carbonyl (C=O) groups is 1. The third-order valence-corrected chi connectivity index (χ3v) is 2.71. The van der Waals surface area contributed by atoms with Crippen LogP contribution < -0.4 is 5.56 Å². The van der Waals surface area contributed by atoms with E-state index in [2.05, 4.69) is 11.9 Å². The molecule has 0 spiro atoms. The lowest BCUT2D eigenvalue weighted by Gasteiger charge is -2.24. The Kier molecular flexibility index (Phi) is 4.28. The normalized spacial score (nSPS) is 12.2. The Balaban J connectivity index is 2.81. The second kappa shape index (κ2) is 5.49. The third-order valence-electron chi connectivity index (χ3n) is 2.71. The average molecular weight is 222 g/mol. The zero-order valence-electron chi connectivity index (χ0n) is 9.99. The fraction of sp³-hybridized carbons (Fsp3) is 0.500. The van der Waals surface area contributed by atoms with Gasteiger partial charge in [0.2, 0.25) is 5.56 Å². The van der Waals surface area contributed by atoms with Gasteiger partial charge in [-0.15, -0.1) is 0 Å². The van der Waals surface area contributed by atoms with Crippen molar-refractivity contribution in [2.24, 2.45) is 0 Å². The van der Waals surface area contributed by atoms with Gasteiger partial charge >= 0.3 is 0 Å². The molecule has 0 aliphatic rings. The number of aromatic amines is 1. The molecule has 88 valence electrons. The topological polar surface area (TPSA) is 53.2 Å². The summed E-state index contributed by atoms with van der Waals surface area (Å²) < 4.78 is 0. The van der Waals surface area contributed by atoms with Gasteiger partial charge in [-0.3, -0.25) is 9.59 Å². The molecule has 1 rings (SSSR count). The van der Waals surface area contributed by atoms with E-state index in [1.54, 1.807) is 18.0 Å². The highest BCUT2D eigenvalue weighted by Crippen LogP contribution is 2.08. The minimum absolute atomic E-state index is 0.105. The van der Waals surface area contributed by atoms with Crippen molar-refractivity contribution in [3.63, 3.8) is 0 Å². The van der Waals surface area contributed by atoms with Crippen molar-refractivity contribution in [2.75, 3.05) is 7.05 Å². The molecule has 0 bridgehead atoms. The van der Waals surface area contributed by atoms with Crippen molar-refractivity contribution in [3.05, 3.63) is 34.2 Å². The summed E-state index contributed by atoms with van der Waals surface area (Å²) in [6.07, 6.45) is 3.49. The summed E-state index contributed by atoms with van der Waals surface area (Å²) in [5, 5.41) is 0.